The lowest BCUT2D eigenvalue weighted by Crippen LogP contribution is -2.44. The topological polar surface area (TPSA) is 119 Å². The highest BCUT2D eigenvalue weighted by molar-refractivity contribution is 5.81. The number of hydrogen-bond acceptors (Lipinski definition) is 9. The molecule has 0 bridgehead atoms. The van der Waals surface area contributed by atoms with Gasteiger partial charge in [-0.15, -0.1) is 0 Å². The first-order valence-corrected chi connectivity index (χ1v) is 15.6. The Kier molecular flexibility index (Phi) is 11.5. The van der Waals surface area contributed by atoms with E-state index in [1.165, 1.54) is 0 Å². The van der Waals surface area contributed by atoms with E-state index in [1.807, 2.05) is 43.3 Å². The number of aryl methyl sites for hydroxylation is 1. The Bertz CT molecular complexity index is 1370. The number of pyridine rings is 1. The first kappa shape index (κ1) is 32.7. The van der Waals surface area contributed by atoms with Crippen molar-refractivity contribution in [1.29, 1.82) is 0 Å². The molecule has 0 aliphatic carbocycles. The summed E-state index contributed by atoms with van der Waals surface area (Å²) in [6.07, 6.45) is 4.71. The summed E-state index contributed by atoms with van der Waals surface area (Å²) in [4.78, 5) is 42.0. The van der Waals surface area contributed by atoms with Crippen LogP contribution in [0.15, 0.2) is 54.9 Å². The molecule has 0 saturated carbocycles. The number of rotatable bonds is 12. The number of ether oxygens (including phenoxy) is 2. The normalized spacial score (nSPS) is 14.5. The molecule has 1 unspecified atom stereocenters. The Balaban J connectivity index is 1.38. The average molecular weight is 603 g/mol. The Morgan fingerprint density at radius 1 is 1.05 bits per heavy atom. The van der Waals surface area contributed by atoms with E-state index in [2.05, 4.69) is 44.6 Å². The Morgan fingerprint density at radius 2 is 1.80 bits per heavy atom. The van der Waals surface area contributed by atoms with Crippen LogP contribution in [-0.4, -0.2) is 58.3 Å². The van der Waals surface area contributed by atoms with Gasteiger partial charge >= 0.3 is 12.1 Å². The summed E-state index contributed by atoms with van der Waals surface area (Å²) in [7, 11) is 0. The van der Waals surface area contributed by atoms with E-state index in [0.29, 0.717) is 18.8 Å². The van der Waals surface area contributed by atoms with Crippen LogP contribution in [0.4, 0.5) is 16.4 Å². The predicted octanol–water partition coefficient (Wildman–Crippen LogP) is 5.96. The molecule has 4 rings (SSSR count). The third kappa shape index (κ3) is 9.65. The maximum absolute atomic E-state index is 13.1. The van der Waals surface area contributed by atoms with Gasteiger partial charge in [-0.25, -0.2) is 24.5 Å². The fraction of sp³-hybridized carbons (Fsp3) is 0.500. The second kappa shape index (κ2) is 15.5. The molecule has 1 atom stereocenters. The number of carbonyl (C=O) groups excluding carboxylic acids is 2. The van der Waals surface area contributed by atoms with Gasteiger partial charge in [-0.2, -0.15) is 0 Å². The Labute approximate surface area is 261 Å². The summed E-state index contributed by atoms with van der Waals surface area (Å²) >= 11 is 0. The Morgan fingerprint density at radius 3 is 2.50 bits per heavy atom. The third-order valence-corrected chi connectivity index (χ3v) is 7.57. The second-order valence-electron chi connectivity index (χ2n) is 12.2. The molecule has 0 spiro atoms. The van der Waals surface area contributed by atoms with E-state index < -0.39 is 23.7 Å². The SMILES string of the molecule is CCCNc1cccc(C2CCN(c3ncnc(CCC(NC(=O)OCc4ccccc4)C(=O)OC(C)(C)C)c3C)CC2)n1. The molecule has 1 aliphatic rings. The fourth-order valence-corrected chi connectivity index (χ4v) is 5.27. The van der Waals surface area contributed by atoms with Gasteiger partial charge in [0.25, 0.3) is 0 Å². The summed E-state index contributed by atoms with van der Waals surface area (Å²) in [5.41, 5.74) is 3.11. The van der Waals surface area contributed by atoms with Crippen molar-refractivity contribution in [2.75, 3.05) is 29.9 Å². The molecule has 1 fully saturated rings. The van der Waals surface area contributed by atoms with Crippen LogP contribution in [0.3, 0.4) is 0 Å². The first-order valence-electron chi connectivity index (χ1n) is 15.6. The van der Waals surface area contributed by atoms with Gasteiger partial charge in [-0.1, -0.05) is 43.3 Å². The fourth-order valence-electron chi connectivity index (χ4n) is 5.27. The number of hydrogen-bond donors (Lipinski definition) is 2. The van der Waals surface area contributed by atoms with Crippen LogP contribution in [0.1, 0.15) is 81.8 Å². The lowest BCUT2D eigenvalue weighted by molar-refractivity contribution is -0.157. The van der Waals surface area contributed by atoms with E-state index in [1.54, 1.807) is 27.1 Å². The zero-order chi connectivity index (χ0) is 31.5. The van der Waals surface area contributed by atoms with Crippen molar-refractivity contribution in [3.63, 3.8) is 0 Å². The number of nitrogens with zero attached hydrogens (tertiary/aromatic N) is 4. The molecular weight excluding hydrogens is 556 g/mol. The molecule has 236 valence electrons. The van der Waals surface area contributed by atoms with E-state index in [4.69, 9.17) is 14.5 Å². The lowest BCUT2D eigenvalue weighted by Gasteiger charge is -2.33. The van der Waals surface area contributed by atoms with Crippen molar-refractivity contribution >= 4 is 23.7 Å². The van der Waals surface area contributed by atoms with E-state index in [0.717, 1.165) is 73.0 Å². The van der Waals surface area contributed by atoms with Crippen LogP contribution in [0.5, 0.6) is 0 Å². The molecule has 1 aliphatic heterocycles. The zero-order valence-electron chi connectivity index (χ0n) is 26.6. The van der Waals surface area contributed by atoms with Crippen molar-refractivity contribution in [1.82, 2.24) is 20.3 Å². The van der Waals surface area contributed by atoms with Crippen molar-refractivity contribution in [3.8, 4) is 0 Å². The highest BCUT2D eigenvalue weighted by atomic mass is 16.6. The van der Waals surface area contributed by atoms with Gasteiger partial charge < -0.3 is 25.0 Å². The number of alkyl carbamates (subject to hydrolysis) is 1. The number of nitrogens with one attached hydrogen (secondary N) is 2. The average Bonchev–Trinajstić information content (AvgIpc) is 3.01. The molecule has 3 heterocycles. The van der Waals surface area contributed by atoms with Gasteiger partial charge in [0.2, 0.25) is 0 Å². The number of piperidine rings is 1. The second-order valence-corrected chi connectivity index (χ2v) is 12.2. The predicted molar refractivity (Wildman–Crippen MR) is 172 cm³/mol. The smallest absolute Gasteiger partial charge is 0.408 e. The molecule has 2 aromatic heterocycles. The van der Waals surface area contributed by atoms with Gasteiger partial charge in [0.05, 0.1) is 0 Å². The van der Waals surface area contributed by atoms with Crippen LogP contribution in [0.2, 0.25) is 0 Å². The minimum absolute atomic E-state index is 0.107. The molecular formula is C34H46N6O4. The van der Waals surface area contributed by atoms with Crippen LogP contribution in [0.25, 0.3) is 0 Å². The summed E-state index contributed by atoms with van der Waals surface area (Å²) in [5.74, 6) is 1.74. The van der Waals surface area contributed by atoms with Crippen LogP contribution in [0, 0.1) is 6.92 Å². The molecule has 1 saturated heterocycles. The van der Waals surface area contributed by atoms with E-state index in [-0.39, 0.29) is 6.61 Å². The molecule has 0 radical (unpaired) electrons. The highest BCUT2D eigenvalue weighted by Gasteiger charge is 2.29. The molecule has 1 amide bonds. The van der Waals surface area contributed by atoms with E-state index in [9.17, 15) is 9.59 Å². The minimum atomic E-state index is -0.888. The number of benzene rings is 1. The minimum Gasteiger partial charge on any atom is -0.458 e. The van der Waals surface area contributed by atoms with Gasteiger partial charge in [-0.05, 0) is 77.5 Å². The van der Waals surface area contributed by atoms with Crippen LogP contribution < -0.4 is 15.5 Å². The molecule has 1 aromatic carbocycles. The quantitative estimate of drug-likeness (QED) is 0.242. The van der Waals surface area contributed by atoms with Gasteiger partial charge in [0.15, 0.2) is 0 Å². The van der Waals surface area contributed by atoms with Gasteiger partial charge in [0.1, 0.15) is 36.2 Å². The van der Waals surface area contributed by atoms with Crippen LogP contribution >= 0.6 is 0 Å². The number of aromatic nitrogens is 3. The molecule has 44 heavy (non-hydrogen) atoms. The maximum atomic E-state index is 13.1. The first-order chi connectivity index (χ1) is 21.1. The van der Waals surface area contributed by atoms with Crippen LogP contribution in [-0.2, 0) is 27.3 Å². The standard InChI is InChI=1S/C34H46N6O4/c1-6-19-35-30-14-10-13-28(38-30)26-17-20-40(21-18-26)31-24(2)27(36-23-37-31)15-16-29(32(41)44-34(3,4)5)39-33(42)43-22-25-11-8-7-9-12-25/h7-14,23,26,29H,6,15-22H2,1-5H3,(H,35,38)(H,39,42). The lowest BCUT2D eigenvalue weighted by atomic mass is 9.92. The molecule has 3 aromatic rings. The third-order valence-electron chi connectivity index (χ3n) is 7.57. The summed E-state index contributed by atoms with van der Waals surface area (Å²) in [6.45, 7) is 12.3. The van der Waals surface area contributed by atoms with Crippen molar-refractivity contribution < 1.29 is 19.1 Å². The largest absolute Gasteiger partial charge is 0.458 e. The van der Waals surface area contributed by atoms with Gasteiger partial charge in [-0.3, -0.25) is 0 Å². The van der Waals surface area contributed by atoms with Crippen molar-refractivity contribution in [3.05, 3.63) is 77.4 Å². The monoisotopic (exact) mass is 602 g/mol. The Hall–Kier alpha value is -4.21. The zero-order valence-corrected chi connectivity index (χ0v) is 26.6. The number of anilines is 2. The number of esters is 1. The highest BCUT2D eigenvalue weighted by Crippen LogP contribution is 2.31. The van der Waals surface area contributed by atoms with Gasteiger partial charge in [0, 0.05) is 42.5 Å². The summed E-state index contributed by atoms with van der Waals surface area (Å²) in [5, 5.41) is 6.10. The molecule has 10 nitrogen and oxygen atoms in total. The van der Waals surface area contributed by atoms with Crippen molar-refractivity contribution in [2.45, 2.75) is 90.9 Å². The van der Waals surface area contributed by atoms with E-state index >= 15 is 0 Å². The molecule has 10 heteroatoms. The number of carbonyl (C=O) groups is 2. The van der Waals surface area contributed by atoms with Crippen molar-refractivity contribution in [2.24, 2.45) is 0 Å². The number of amides is 1. The maximum Gasteiger partial charge on any atom is 0.408 e. The summed E-state index contributed by atoms with van der Waals surface area (Å²) < 4.78 is 11.0. The molecule has 2 N–H and O–H groups in total. The summed E-state index contributed by atoms with van der Waals surface area (Å²) in [6, 6.07) is 14.7.